The van der Waals surface area contributed by atoms with Crippen LogP contribution in [0.15, 0.2) is 4.99 Å². The van der Waals surface area contributed by atoms with Crippen molar-refractivity contribution >= 4 is 29.9 Å². The highest BCUT2D eigenvalue weighted by molar-refractivity contribution is 14.0. The first kappa shape index (κ1) is 15.0. The number of ether oxygens (including phenoxy) is 2. The Kier molecular flexibility index (Phi) is 5.46. The predicted octanol–water partition coefficient (Wildman–Crippen LogP) is 1.20. The van der Waals surface area contributed by atoms with Crippen LogP contribution in [-0.4, -0.2) is 31.0 Å². The van der Waals surface area contributed by atoms with Gasteiger partial charge in [-0.05, 0) is 18.8 Å². The first-order valence-electron chi connectivity index (χ1n) is 5.97. The molecular weight excluding hydrogens is 333 g/mol. The van der Waals surface area contributed by atoms with Crippen molar-refractivity contribution in [3.8, 4) is 0 Å². The summed E-state index contributed by atoms with van der Waals surface area (Å²) in [6.07, 6.45) is 4.35. The molecule has 1 heterocycles. The minimum atomic E-state index is -0.337. The standard InChI is InChI=1S/C11H21N3O2.HI/c1-8-2-4-11(5-3-8)15-7-9(16-11)6-14-10(12)13;/h8-9H,2-7H2,1H3,(H4,12,13,14);1H. The maximum Gasteiger partial charge on any atom is 0.186 e. The van der Waals surface area contributed by atoms with Gasteiger partial charge in [0.1, 0.15) is 6.10 Å². The van der Waals surface area contributed by atoms with Crippen LogP contribution >= 0.6 is 24.0 Å². The summed E-state index contributed by atoms with van der Waals surface area (Å²) in [5.41, 5.74) is 10.6. The van der Waals surface area contributed by atoms with Gasteiger partial charge in [-0.2, -0.15) is 0 Å². The molecule has 0 aromatic rings. The van der Waals surface area contributed by atoms with Crippen molar-refractivity contribution in [2.45, 2.75) is 44.5 Å². The van der Waals surface area contributed by atoms with Gasteiger partial charge in [0.2, 0.25) is 0 Å². The number of rotatable bonds is 2. The zero-order chi connectivity index (χ0) is 11.6. The molecule has 0 radical (unpaired) electrons. The first-order chi connectivity index (χ1) is 7.60. The molecular formula is C11H22IN3O2. The van der Waals surface area contributed by atoms with Crippen LogP contribution in [-0.2, 0) is 9.47 Å². The summed E-state index contributed by atoms with van der Waals surface area (Å²) < 4.78 is 11.7. The number of nitrogens with zero attached hydrogens (tertiary/aromatic N) is 1. The van der Waals surface area contributed by atoms with Gasteiger partial charge in [0.15, 0.2) is 11.7 Å². The van der Waals surface area contributed by atoms with E-state index in [0.29, 0.717) is 13.2 Å². The van der Waals surface area contributed by atoms with Crippen molar-refractivity contribution in [1.82, 2.24) is 0 Å². The molecule has 1 saturated carbocycles. The van der Waals surface area contributed by atoms with Gasteiger partial charge in [-0.25, -0.2) is 0 Å². The van der Waals surface area contributed by atoms with Crippen molar-refractivity contribution in [3.05, 3.63) is 0 Å². The largest absolute Gasteiger partial charge is 0.370 e. The lowest BCUT2D eigenvalue weighted by Gasteiger charge is -2.34. The van der Waals surface area contributed by atoms with Gasteiger partial charge in [-0.3, -0.25) is 4.99 Å². The van der Waals surface area contributed by atoms with E-state index in [1.165, 1.54) is 12.8 Å². The SMILES string of the molecule is CC1CCC2(CC1)OCC(CN=C(N)N)O2.I. The fourth-order valence-corrected chi connectivity index (χ4v) is 2.38. The fourth-order valence-electron chi connectivity index (χ4n) is 2.38. The summed E-state index contributed by atoms with van der Waals surface area (Å²) in [4.78, 5) is 3.97. The molecule has 4 N–H and O–H groups in total. The zero-order valence-electron chi connectivity index (χ0n) is 10.2. The van der Waals surface area contributed by atoms with Gasteiger partial charge < -0.3 is 20.9 Å². The van der Waals surface area contributed by atoms with E-state index in [1.807, 2.05) is 0 Å². The van der Waals surface area contributed by atoms with Crippen LogP contribution in [0, 0.1) is 5.92 Å². The lowest BCUT2D eigenvalue weighted by Crippen LogP contribution is -2.35. The Morgan fingerprint density at radius 2 is 2.00 bits per heavy atom. The molecule has 2 fully saturated rings. The zero-order valence-corrected chi connectivity index (χ0v) is 12.6. The van der Waals surface area contributed by atoms with E-state index < -0.39 is 0 Å². The quantitative estimate of drug-likeness (QED) is 0.443. The van der Waals surface area contributed by atoms with Crippen molar-refractivity contribution in [3.63, 3.8) is 0 Å². The van der Waals surface area contributed by atoms with Gasteiger partial charge in [0.05, 0.1) is 13.2 Å². The van der Waals surface area contributed by atoms with E-state index in [-0.39, 0.29) is 41.8 Å². The number of guanidine groups is 1. The molecule has 1 atom stereocenters. The molecule has 1 aliphatic heterocycles. The van der Waals surface area contributed by atoms with Crippen LogP contribution in [0.3, 0.4) is 0 Å². The van der Waals surface area contributed by atoms with Crippen LogP contribution in [0.2, 0.25) is 0 Å². The predicted molar refractivity (Wildman–Crippen MR) is 77.3 cm³/mol. The molecule has 1 saturated heterocycles. The molecule has 0 bridgehead atoms. The van der Waals surface area contributed by atoms with Crippen LogP contribution in [0.1, 0.15) is 32.6 Å². The maximum atomic E-state index is 5.95. The molecule has 2 rings (SSSR count). The van der Waals surface area contributed by atoms with Gasteiger partial charge in [-0.15, -0.1) is 24.0 Å². The number of aliphatic imine (C=N–C) groups is 1. The highest BCUT2D eigenvalue weighted by atomic mass is 127. The van der Waals surface area contributed by atoms with E-state index in [4.69, 9.17) is 20.9 Å². The van der Waals surface area contributed by atoms with E-state index in [9.17, 15) is 0 Å². The van der Waals surface area contributed by atoms with Gasteiger partial charge in [0, 0.05) is 12.8 Å². The van der Waals surface area contributed by atoms with Gasteiger partial charge in [-0.1, -0.05) is 6.92 Å². The van der Waals surface area contributed by atoms with Crippen LogP contribution in [0.4, 0.5) is 0 Å². The Hall–Kier alpha value is -0.0800. The van der Waals surface area contributed by atoms with Crippen molar-refractivity contribution in [2.24, 2.45) is 22.4 Å². The third-order valence-electron chi connectivity index (χ3n) is 3.43. The second kappa shape index (κ2) is 6.19. The highest BCUT2D eigenvalue weighted by Crippen LogP contribution is 2.39. The summed E-state index contributed by atoms with van der Waals surface area (Å²) in [5.74, 6) is 0.562. The van der Waals surface area contributed by atoms with Crippen molar-refractivity contribution in [2.75, 3.05) is 13.2 Å². The summed E-state index contributed by atoms with van der Waals surface area (Å²) in [5, 5.41) is 0. The summed E-state index contributed by atoms with van der Waals surface area (Å²) in [6, 6.07) is 0. The van der Waals surface area contributed by atoms with Crippen LogP contribution in [0.25, 0.3) is 0 Å². The summed E-state index contributed by atoms with van der Waals surface area (Å²) in [6.45, 7) is 3.38. The minimum absolute atomic E-state index is 0. The number of nitrogens with two attached hydrogens (primary N) is 2. The molecule has 1 unspecified atom stereocenters. The average molecular weight is 355 g/mol. The van der Waals surface area contributed by atoms with E-state index in [0.717, 1.165) is 18.8 Å². The normalized spacial score (nSPS) is 36.5. The Morgan fingerprint density at radius 1 is 1.35 bits per heavy atom. The lowest BCUT2D eigenvalue weighted by molar-refractivity contribution is -0.190. The Labute approximate surface area is 119 Å². The monoisotopic (exact) mass is 355 g/mol. The second-order valence-electron chi connectivity index (χ2n) is 4.91. The van der Waals surface area contributed by atoms with E-state index in [2.05, 4.69) is 11.9 Å². The number of halogens is 1. The fraction of sp³-hybridized carbons (Fsp3) is 0.909. The third-order valence-corrected chi connectivity index (χ3v) is 3.43. The first-order valence-corrected chi connectivity index (χ1v) is 5.97. The highest BCUT2D eigenvalue weighted by Gasteiger charge is 2.43. The second-order valence-corrected chi connectivity index (χ2v) is 4.91. The van der Waals surface area contributed by atoms with Gasteiger partial charge in [0.25, 0.3) is 0 Å². The number of hydrogen-bond donors (Lipinski definition) is 2. The Morgan fingerprint density at radius 3 is 2.59 bits per heavy atom. The number of hydrogen-bond acceptors (Lipinski definition) is 3. The van der Waals surface area contributed by atoms with Gasteiger partial charge >= 0.3 is 0 Å². The molecule has 100 valence electrons. The molecule has 0 aromatic heterocycles. The molecule has 0 amide bonds. The maximum absolute atomic E-state index is 5.95. The topological polar surface area (TPSA) is 82.9 Å². The molecule has 2 aliphatic rings. The lowest BCUT2D eigenvalue weighted by atomic mass is 9.86. The van der Waals surface area contributed by atoms with Crippen molar-refractivity contribution in [1.29, 1.82) is 0 Å². The third kappa shape index (κ3) is 3.96. The molecule has 1 aliphatic carbocycles. The van der Waals surface area contributed by atoms with E-state index in [1.54, 1.807) is 0 Å². The van der Waals surface area contributed by atoms with Crippen LogP contribution in [0.5, 0.6) is 0 Å². The molecule has 6 heteroatoms. The van der Waals surface area contributed by atoms with Crippen molar-refractivity contribution < 1.29 is 9.47 Å². The smallest absolute Gasteiger partial charge is 0.186 e. The van der Waals surface area contributed by atoms with Crippen LogP contribution < -0.4 is 11.5 Å². The molecule has 5 nitrogen and oxygen atoms in total. The average Bonchev–Trinajstić information content (AvgIpc) is 2.64. The summed E-state index contributed by atoms with van der Waals surface area (Å²) in [7, 11) is 0. The molecule has 1 spiro atoms. The Bertz CT molecular complexity index is 274. The molecule has 0 aromatic carbocycles. The minimum Gasteiger partial charge on any atom is -0.370 e. The Balaban J connectivity index is 0.00000144. The summed E-state index contributed by atoms with van der Waals surface area (Å²) >= 11 is 0. The molecule has 17 heavy (non-hydrogen) atoms. The van der Waals surface area contributed by atoms with E-state index >= 15 is 0 Å².